The van der Waals surface area contributed by atoms with Crippen molar-refractivity contribution in [1.29, 1.82) is 0 Å². The first-order valence-electron chi connectivity index (χ1n) is 8.63. The Kier molecular flexibility index (Phi) is 5.95. The topological polar surface area (TPSA) is 113 Å². The third kappa shape index (κ3) is 3.40. The molecule has 7 nitrogen and oxygen atoms in total. The molecular formula is C20H22N2O5. The lowest BCUT2D eigenvalue weighted by Gasteiger charge is -2.28. The molecule has 142 valence electrons. The van der Waals surface area contributed by atoms with Crippen molar-refractivity contribution in [3.63, 3.8) is 0 Å². The van der Waals surface area contributed by atoms with Crippen molar-refractivity contribution in [1.82, 2.24) is 0 Å². The Labute approximate surface area is 157 Å². The summed E-state index contributed by atoms with van der Waals surface area (Å²) in [6.07, 6.45) is -0.104. The third-order valence-corrected chi connectivity index (χ3v) is 4.82. The molecule has 2 unspecified atom stereocenters. The number of hydrogen-bond donors (Lipinski definition) is 2. The Morgan fingerprint density at radius 2 is 1.37 bits per heavy atom. The molecule has 0 bridgehead atoms. The van der Waals surface area contributed by atoms with Gasteiger partial charge in [0.15, 0.2) is 0 Å². The Morgan fingerprint density at radius 1 is 0.889 bits per heavy atom. The summed E-state index contributed by atoms with van der Waals surface area (Å²) in [5, 5.41) is 36.8. The molecule has 2 atom stereocenters. The molecular weight excluding hydrogens is 348 g/mol. The van der Waals surface area contributed by atoms with Crippen LogP contribution in [-0.4, -0.2) is 27.0 Å². The van der Waals surface area contributed by atoms with Crippen LogP contribution in [-0.2, 0) is 20.7 Å². The Hall–Kier alpha value is -3.22. The molecule has 7 heteroatoms. The SMILES string of the molecule is CCC(N=[N+]([O-])C(CC)(C(=O)O)c1ccccc1)(C(=O)O)c1ccccc1. The van der Waals surface area contributed by atoms with Gasteiger partial charge in [-0.25, -0.2) is 9.59 Å². The molecule has 0 saturated carbocycles. The lowest BCUT2D eigenvalue weighted by molar-refractivity contribution is -0.612. The molecule has 0 radical (unpaired) electrons. The van der Waals surface area contributed by atoms with Crippen molar-refractivity contribution in [2.24, 2.45) is 5.11 Å². The molecule has 2 N–H and O–H groups in total. The average Bonchev–Trinajstić information content (AvgIpc) is 2.68. The molecule has 2 aromatic rings. The molecule has 27 heavy (non-hydrogen) atoms. The van der Waals surface area contributed by atoms with E-state index in [1.807, 2.05) is 0 Å². The highest BCUT2D eigenvalue weighted by Crippen LogP contribution is 2.35. The van der Waals surface area contributed by atoms with E-state index in [-0.39, 0.29) is 23.3 Å². The van der Waals surface area contributed by atoms with Crippen molar-refractivity contribution in [3.8, 4) is 0 Å². The lowest BCUT2D eigenvalue weighted by atomic mass is 9.86. The molecule has 0 aliphatic heterocycles. The van der Waals surface area contributed by atoms with Gasteiger partial charge in [0, 0.05) is 12.0 Å². The summed E-state index contributed by atoms with van der Waals surface area (Å²) in [6, 6.07) is 16.1. The normalized spacial score (nSPS) is 16.1. The number of aliphatic carboxylic acids is 2. The Morgan fingerprint density at radius 3 is 1.74 bits per heavy atom. The van der Waals surface area contributed by atoms with Crippen LogP contribution in [0.2, 0.25) is 0 Å². The molecule has 0 saturated heterocycles. The minimum atomic E-state index is -2.02. The monoisotopic (exact) mass is 370 g/mol. The van der Waals surface area contributed by atoms with Crippen LogP contribution in [0, 0.1) is 5.21 Å². The van der Waals surface area contributed by atoms with Gasteiger partial charge in [0.1, 0.15) is 0 Å². The molecule has 2 rings (SSSR count). The summed E-state index contributed by atoms with van der Waals surface area (Å²) in [7, 11) is 0. The van der Waals surface area contributed by atoms with Crippen LogP contribution < -0.4 is 0 Å². The second kappa shape index (κ2) is 7.99. The van der Waals surface area contributed by atoms with Gasteiger partial charge in [-0.2, -0.15) is 0 Å². The zero-order valence-electron chi connectivity index (χ0n) is 15.2. The summed E-state index contributed by atoms with van der Waals surface area (Å²) < 4.78 is 0. The summed E-state index contributed by atoms with van der Waals surface area (Å²) in [5.41, 5.74) is -3.36. The highest BCUT2D eigenvalue weighted by Gasteiger charge is 2.52. The summed E-state index contributed by atoms with van der Waals surface area (Å²) >= 11 is 0. The third-order valence-electron chi connectivity index (χ3n) is 4.82. The summed E-state index contributed by atoms with van der Waals surface area (Å²) in [6.45, 7) is 3.15. The number of rotatable bonds is 8. The number of carboxylic acids is 2. The number of benzene rings is 2. The van der Waals surface area contributed by atoms with Crippen LogP contribution in [0.1, 0.15) is 37.8 Å². The highest BCUT2D eigenvalue weighted by molar-refractivity contribution is 5.81. The number of azo groups is 1. The number of nitrogens with zero attached hydrogens (tertiary/aromatic N) is 2. The van der Waals surface area contributed by atoms with Gasteiger partial charge in [0.2, 0.25) is 5.54 Å². The van der Waals surface area contributed by atoms with Gasteiger partial charge in [-0.05, 0) is 17.1 Å². The smallest absolute Gasteiger partial charge is 0.385 e. The van der Waals surface area contributed by atoms with Gasteiger partial charge in [-0.15, -0.1) is 0 Å². The molecule has 0 spiro atoms. The number of hydrogen-bond acceptors (Lipinski definition) is 4. The van der Waals surface area contributed by atoms with E-state index in [9.17, 15) is 25.0 Å². The van der Waals surface area contributed by atoms with Gasteiger partial charge >= 0.3 is 17.5 Å². The zero-order chi connectivity index (χ0) is 20.1. The van der Waals surface area contributed by atoms with Crippen LogP contribution in [0.4, 0.5) is 0 Å². The first-order valence-corrected chi connectivity index (χ1v) is 8.63. The Bertz CT molecular complexity index is 838. The molecule has 0 heterocycles. The largest absolute Gasteiger partial charge is 0.599 e. The van der Waals surface area contributed by atoms with Crippen molar-refractivity contribution < 1.29 is 24.7 Å². The second-order valence-electron chi connectivity index (χ2n) is 6.14. The van der Waals surface area contributed by atoms with Crippen LogP contribution in [0.25, 0.3) is 0 Å². The average molecular weight is 370 g/mol. The molecule has 0 fully saturated rings. The highest BCUT2D eigenvalue weighted by atomic mass is 16.5. The number of carbonyl (C=O) groups is 2. The molecule has 0 aliphatic carbocycles. The predicted octanol–water partition coefficient (Wildman–Crippen LogP) is 3.73. The molecule has 0 amide bonds. The van der Waals surface area contributed by atoms with Crippen molar-refractivity contribution in [2.75, 3.05) is 0 Å². The van der Waals surface area contributed by atoms with Crippen molar-refractivity contribution in [3.05, 3.63) is 77.0 Å². The lowest BCUT2D eigenvalue weighted by Crippen LogP contribution is -2.46. The maximum Gasteiger partial charge on any atom is 0.385 e. The fourth-order valence-corrected chi connectivity index (χ4v) is 3.12. The number of carboxylic acid groups (broad SMARTS) is 2. The fraction of sp³-hybridized carbons (Fsp3) is 0.300. The van der Waals surface area contributed by atoms with Gasteiger partial charge < -0.3 is 15.4 Å². The van der Waals surface area contributed by atoms with Crippen LogP contribution >= 0.6 is 0 Å². The second-order valence-corrected chi connectivity index (χ2v) is 6.14. The quantitative estimate of drug-likeness (QED) is 0.417. The number of hydroxylamine groups is 1. The van der Waals surface area contributed by atoms with E-state index >= 15 is 0 Å². The van der Waals surface area contributed by atoms with Gasteiger partial charge in [-0.3, -0.25) is 0 Å². The van der Waals surface area contributed by atoms with Crippen LogP contribution in [0.3, 0.4) is 0 Å². The Balaban J connectivity index is 2.75. The van der Waals surface area contributed by atoms with Crippen LogP contribution in [0.5, 0.6) is 0 Å². The first kappa shape index (κ1) is 20.1. The maximum absolute atomic E-state index is 13.1. The van der Waals surface area contributed by atoms with Crippen LogP contribution in [0.15, 0.2) is 65.8 Å². The molecule has 2 aromatic carbocycles. The molecule has 0 aliphatic rings. The maximum atomic E-state index is 13.1. The van der Waals surface area contributed by atoms with E-state index in [1.165, 1.54) is 12.1 Å². The van der Waals surface area contributed by atoms with E-state index in [0.29, 0.717) is 5.56 Å². The van der Waals surface area contributed by atoms with Gasteiger partial charge in [0.05, 0.1) is 0 Å². The zero-order valence-corrected chi connectivity index (χ0v) is 15.2. The summed E-state index contributed by atoms with van der Waals surface area (Å²) in [4.78, 5) is 24.3. The minimum absolute atomic E-state index is 0.0146. The fourth-order valence-electron chi connectivity index (χ4n) is 3.12. The van der Waals surface area contributed by atoms with Gasteiger partial charge in [-0.1, -0.05) is 79.4 Å². The predicted molar refractivity (Wildman–Crippen MR) is 98.1 cm³/mol. The van der Waals surface area contributed by atoms with E-state index in [4.69, 9.17) is 0 Å². The van der Waals surface area contributed by atoms with Crippen molar-refractivity contribution >= 4 is 11.9 Å². The summed E-state index contributed by atoms with van der Waals surface area (Å²) in [5.74, 6) is -2.71. The van der Waals surface area contributed by atoms with Crippen molar-refractivity contribution in [2.45, 2.75) is 37.8 Å². The van der Waals surface area contributed by atoms with Gasteiger partial charge in [0.25, 0.3) is 0 Å². The molecule has 0 aromatic heterocycles. The van der Waals surface area contributed by atoms with E-state index < -0.39 is 23.0 Å². The first-order chi connectivity index (χ1) is 12.8. The minimum Gasteiger partial charge on any atom is -0.599 e. The van der Waals surface area contributed by atoms with E-state index in [0.717, 1.165) is 0 Å². The van der Waals surface area contributed by atoms with E-state index in [1.54, 1.807) is 62.4 Å². The van der Waals surface area contributed by atoms with E-state index in [2.05, 4.69) is 5.11 Å². The standard InChI is InChI=1S/C20H22N2O5/c1-3-19(17(23)24,15-11-7-5-8-12-15)21-22(27)20(4-2,18(25)26)16-13-9-6-10-14-16/h5-14H,3-4H2,1-2H3,(H,23,24)(H,25,26).